The van der Waals surface area contributed by atoms with Crippen LogP contribution in [0.2, 0.25) is 5.02 Å². The largest absolute Gasteiger partial charge is 0.370 e. The Hall–Kier alpha value is -2.49. The van der Waals surface area contributed by atoms with Gasteiger partial charge in [-0.15, -0.1) is 11.3 Å². The number of nitrogens with zero attached hydrogens (tertiary/aromatic N) is 2. The first kappa shape index (κ1) is 21.2. The monoisotopic (exact) mass is 436 g/mol. The summed E-state index contributed by atoms with van der Waals surface area (Å²) >= 11 is 7.02. The molecule has 1 aliphatic rings. The number of halogens is 1. The van der Waals surface area contributed by atoms with Gasteiger partial charge in [0.25, 0.3) is 5.91 Å². The molecule has 0 aromatic carbocycles. The third-order valence-corrected chi connectivity index (χ3v) is 5.42. The Bertz CT molecular complexity index is 871. The van der Waals surface area contributed by atoms with Crippen molar-refractivity contribution in [3.05, 3.63) is 39.7 Å². The highest BCUT2D eigenvalue weighted by atomic mass is 35.5. The molecule has 2 aromatic rings. The fourth-order valence-corrected chi connectivity index (χ4v) is 3.65. The zero-order valence-electron chi connectivity index (χ0n) is 15.7. The second-order valence-electron chi connectivity index (χ2n) is 6.42. The van der Waals surface area contributed by atoms with Gasteiger partial charge in [-0.1, -0.05) is 11.6 Å². The van der Waals surface area contributed by atoms with Gasteiger partial charge in [0.2, 0.25) is 11.8 Å². The van der Waals surface area contributed by atoms with E-state index in [2.05, 4.69) is 15.6 Å². The Morgan fingerprint density at radius 1 is 1.24 bits per heavy atom. The highest BCUT2D eigenvalue weighted by Crippen LogP contribution is 2.24. The van der Waals surface area contributed by atoms with Crippen LogP contribution in [0.15, 0.2) is 29.8 Å². The third kappa shape index (κ3) is 6.25. The molecule has 154 valence electrons. The average molecular weight is 437 g/mol. The smallest absolute Gasteiger partial charge is 0.269 e. The number of amides is 3. The third-order valence-electron chi connectivity index (χ3n) is 4.28. The second kappa shape index (κ2) is 10.3. The number of hydrogen-bond acceptors (Lipinski definition) is 6. The van der Waals surface area contributed by atoms with E-state index in [-0.39, 0.29) is 24.3 Å². The fourth-order valence-electron chi connectivity index (χ4n) is 2.79. The molecule has 1 fully saturated rings. The van der Waals surface area contributed by atoms with E-state index in [0.717, 1.165) is 6.42 Å². The highest BCUT2D eigenvalue weighted by Gasteiger charge is 2.18. The van der Waals surface area contributed by atoms with Gasteiger partial charge in [-0.05, 0) is 36.4 Å². The average Bonchev–Trinajstić information content (AvgIpc) is 3.16. The van der Waals surface area contributed by atoms with Gasteiger partial charge < -0.3 is 20.3 Å². The maximum Gasteiger partial charge on any atom is 0.269 e. The molecule has 3 amide bonds. The van der Waals surface area contributed by atoms with Crippen LogP contribution in [0.25, 0.3) is 0 Å². The van der Waals surface area contributed by atoms with E-state index in [1.54, 1.807) is 28.5 Å². The minimum atomic E-state index is -0.351. The van der Waals surface area contributed by atoms with Gasteiger partial charge in [0.1, 0.15) is 17.3 Å². The van der Waals surface area contributed by atoms with Crippen molar-refractivity contribution in [1.82, 2.24) is 9.88 Å². The summed E-state index contributed by atoms with van der Waals surface area (Å²) in [5.41, 5.74) is 0.467. The van der Waals surface area contributed by atoms with Crippen LogP contribution in [0.1, 0.15) is 28.9 Å². The zero-order chi connectivity index (χ0) is 20.6. The Balaban J connectivity index is 1.45. The summed E-state index contributed by atoms with van der Waals surface area (Å²) in [6.45, 7) is 1.91. The molecule has 2 N–H and O–H groups in total. The van der Waals surface area contributed by atoms with Crippen molar-refractivity contribution in [2.24, 2.45) is 0 Å². The molecule has 10 heteroatoms. The van der Waals surface area contributed by atoms with Crippen LogP contribution in [-0.2, 0) is 14.3 Å². The summed E-state index contributed by atoms with van der Waals surface area (Å²) in [5.74, 6) is -0.154. The number of aromatic nitrogens is 1. The molecule has 1 saturated heterocycles. The van der Waals surface area contributed by atoms with Crippen molar-refractivity contribution in [3.8, 4) is 0 Å². The van der Waals surface area contributed by atoms with Crippen molar-refractivity contribution in [3.63, 3.8) is 0 Å². The van der Waals surface area contributed by atoms with Crippen LogP contribution in [-0.4, -0.2) is 53.9 Å². The molecule has 0 saturated carbocycles. The van der Waals surface area contributed by atoms with Gasteiger partial charge >= 0.3 is 0 Å². The molecule has 2 aromatic heterocycles. The van der Waals surface area contributed by atoms with Crippen molar-refractivity contribution < 1.29 is 19.1 Å². The molecule has 0 unspecified atom stereocenters. The van der Waals surface area contributed by atoms with Crippen molar-refractivity contribution >= 4 is 52.2 Å². The van der Waals surface area contributed by atoms with Gasteiger partial charge in [-0.2, -0.15) is 0 Å². The maximum absolute atomic E-state index is 12.5. The first-order valence-electron chi connectivity index (χ1n) is 9.18. The number of hydrogen-bond donors (Lipinski definition) is 2. The van der Waals surface area contributed by atoms with Gasteiger partial charge in [0.05, 0.1) is 17.3 Å². The number of pyridine rings is 1. The maximum atomic E-state index is 12.5. The predicted molar refractivity (Wildman–Crippen MR) is 111 cm³/mol. The molecular weight excluding hydrogens is 416 g/mol. The van der Waals surface area contributed by atoms with Crippen LogP contribution >= 0.6 is 22.9 Å². The van der Waals surface area contributed by atoms with Gasteiger partial charge in [0, 0.05) is 25.7 Å². The molecule has 1 aliphatic heterocycles. The van der Waals surface area contributed by atoms with Gasteiger partial charge in [-0.3, -0.25) is 14.4 Å². The number of carbonyl (C=O) groups is 3. The summed E-state index contributed by atoms with van der Waals surface area (Å²) in [6.07, 6.45) is 3.14. The first-order valence-corrected chi connectivity index (χ1v) is 10.4. The summed E-state index contributed by atoms with van der Waals surface area (Å²) in [4.78, 5) is 42.5. The van der Waals surface area contributed by atoms with Gasteiger partial charge in [0.15, 0.2) is 0 Å². The second-order valence-corrected chi connectivity index (χ2v) is 7.77. The number of rotatable bonds is 8. The Labute approximate surface area is 177 Å². The number of anilines is 2. The lowest BCUT2D eigenvalue weighted by atomic mass is 10.2. The molecule has 29 heavy (non-hydrogen) atoms. The van der Waals surface area contributed by atoms with E-state index in [1.807, 2.05) is 0 Å². The van der Waals surface area contributed by atoms with Crippen LogP contribution in [0.3, 0.4) is 0 Å². The van der Waals surface area contributed by atoms with E-state index in [4.69, 9.17) is 16.3 Å². The van der Waals surface area contributed by atoms with E-state index in [9.17, 15) is 14.4 Å². The van der Waals surface area contributed by atoms with Crippen LogP contribution < -0.4 is 10.6 Å². The highest BCUT2D eigenvalue weighted by molar-refractivity contribution is 7.12. The SMILES string of the molecule is O=C(CCCCN1CCOCC1=O)Nc1ccsc1C(=O)Nc1ccc(Cl)cn1. The van der Waals surface area contributed by atoms with Crippen LogP contribution in [0.4, 0.5) is 11.5 Å². The van der Waals surface area contributed by atoms with E-state index in [0.29, 0.717) is 53.9 Å². The normalized spacial score (nSPS) is 14.0. The summed E-state index contributed by atoms with van der Waals surface area (Å²) in [7, 11) is 0. The summed E-state index contributed by atoms with van der Waals surface area (Å²) in [5, 5.41) is 7.68. The minimum absolute atomic E-state index is 0.00944. The lowest BCUT2D eigenvalue weighted by molar-refractivity contribution is -0.142. The van der Waals surface area contributed by atoms with Crippen molar-refractivity contribution in [2.45, 2.75) is 19.3 Å². The van der Waals surface area contributed by atoms with Crippen molar-refractivity contribution in [2.75, 3.05) is 36.9 Å². The fraction of sp³-hybridized carbons (Fsp3) is 0.368. The summed E-state index contributed by atoms with van der Waals surface area (Å²) in [6, 6.07) is 4.93. The molecule has 0 radical (unpaired) electrons. The lowest BCUT2D eigenvalue weighted by Crippen LogP contribution is -2.42. The molecular formula is C19H21ClN4O4S. The quantitative estimate of drug-likeness (QED) is 0.619. The topological polar surface area (TPSA) is 101 Å². The molecule has 3 rings (SSSR count). The minimum Gasteiger partial charge on any atom is -0.370 e. The predicted octanol–water partition coefficient (Wildman–Crippen LogP) is 3.02. The number of unbranched alkanes of at least 4 members (excludes halogenated alkanes) is 1. The van der Waals surface area contributed by atoms with E-state index in [1.165, 1.54) is 17.5 Å². The molecule has 0 bridgehead atoms. The van der Waals surface area contributed by atoms with Crippen LogP contribution in [0, 0.1) is 0 Å². The number of nitrogens with one attached hydrogen (secondary N) is 2. The Kier molecular flexibility index (Phi) is 7.56. The number of thiophene rings is 1. The number of ether oxygens (including phenoxy) is 1. The molecule has 0 aliphatic carbocycles. The first-order chi connectivity index (χ1) is 14.0. The van der Waals surface area contributed by atoms with Crippen molar-refractivity contribution in [1.29, 1.82) is 0 Å². The van der Waals surface area contributed by atoms with E-state index >= 15 is 0 Å². The van der Waals surface area contributed by atoms with E-state index < -0.39 is 0 Å². The summed E-state index contributed by atoms with van der Waals surface area (Å²) < 4.78 is 5.09. The standard InChI is InChI=1S/C19H21ClN4O4S/c20-13-4-5-15(21-11-13)23-19(27)18-14(6-10-29-18)22-16(25)3-1-2-7-24-8-9-28-12-17(24)26/h4-6,10-11H,1-3,7-9,12H2,(H,22,25)(H,21,23,27). The Morgan fingerprint density at radius 3 is 2.86 bits per heavy atom. The van der Waals surface area contributed by atoms with Crippen LogP contribution in [0.5, 0.6) is 0 Å². The number of carbonyl (C=O) groups excluding carboxylic acids is 3. The molecule has 3 heterocycles. The lowest BCUT2D eigenvalue weighted by Gasteiger charge is -2.26. The van der Waals surface area contributed by atoms with Gasteiger partial charge in [-0.25, -0.2) is 4.98 Å². The molecule has 0 spiro atoms. The Morgan fingerprint density at radius 2 is 2.10 bits per heavy atom. The number of morpholine rings is 1. The zero-order valence-corrected chi connectivity index (χ0v) is 17.2. The molecule has 8 nitrogen and oxygen atoms in total. The molecule has 0 atom stereocenters.